The van der Waals surface area contributed by atoms with Crippen LogP contribution in [0.1, 0.15) is 25.1 Å². The first-order valence-electron chi connectivity index (χ1n) is 9.46. The lowest BCUT2D eigenvalue weighted by molar-refractivity contribution is 0.0592. The minimum atomic E-state index is -4.79. The smallest absolute Gasteiger partial charge is 0.303 e. The molecule has 0 fully saturated rings. The van der Waals surface area contributed by atoms with Gasteiger partial charge in [-0.25, -0.2) is 23.3 Å². The number of nitrogens with zero attached hydrogens (tertiary/aromatic N) is 5. The van der Waals surface area contributed by atoms with Crippen LogP contribution >= 0.6 is 7.82 Å². The van der Waals surface area contributed by atoms with Crippen molar-refractivity contribution in [1.82, 2.24) is 19.6 Å². The van der Waals surface area contributed by atoms with Gasteiger partial charge < -0.3 is 9.79 Å². The molecule has 0 aliphatic carbocycles. The maximum Gasteiger partial charge on any atom is 0.470 e. The third-order valence-electron chi connectivity index (χ3n) is 4.87. The van der Waals surface area contributed by atoms with Crippen molar-refractivity contribution in [2.45, 2.75) is 19.4 Å². The number of rotatable bonds is 5. The zero-order valence-corrected chi connectivity index (χ0v) is 18.2. The number of phosphoric acid groups is 1. The summed E-state index contributed by atoms with van der Waals surface area (Å²) in [7, 11) is -4.79. The summed E-state index contributed by atoms with van der Waals surface area (Å²) in [5.41, 5.74) is -0.772. The number of hydrogen-bond donors (Lipinski definition) is 2. The van der Waals surface area contributed by atoms with Crippen LogP contribution < -0.4 is 0 Å². The standard InChI is InChI=1S/C21H16F2N5O4P/c1-21(2,32-33(29,30)31)18-11-26-28-17(10-25-20(28)27-18)12-6-7-15(22)14(8-12)19-13(9-24)4-3-5-16(19)23/h3-8,10-11H,1-2H3,(H2,29,30,31). The van der Waals surface area contributed by atoms with Crippen LogP contribution in [-0.4, -0.2) is 29.4 Å². The zero-order valence-electron chi connectivity index (χ0n) is 17.3. The number of hydrogen-bond acceptors (Lipinski definition) is 6. The minimum absolute atomic E-state index is 0.0130. The molecule has 0 saturated carbocycles. The molecule has 4 rings (SSSR count). The summed E-state index contributed by atoms with van der Waals surface area (Å²) < 4.78 is 46.5. The predicted molar refractivity (Wildman–Crippen MR) is 112 cm³/mol. The van der Waals surface area contributed by atoms with Crippen molar-refractivity contribution in [2.24, 2.45) is 0 Å². The van der Waals surface area contributed by atoms with Crippen molar-refractivity contribution in [2.75, 3.05) is 0 Å². The van der Waals surface area contributed by atoms with Crippen LogP contribution in [0.25, 0.3) is 28.2 Å². The van der Waals surface area contributed by atoms with E-state index in [9.17, 15) is 18.6 Å². The Kier molecular flexibility index (Phi) is 5.56. The molecule has 2 aromatic heterocycles. The average Bonchev–Trinajstić information content (AvgIpc) is 3.16. The second-order valence-corrected chi connectivity index (χ2v) is 8.72. The van der Waals surface area contributed by atoms with Crippen LogP contribution in [0.4, 0.5) is 8.78 Å². The van der Waals surface area contributed by atoms with Crippen molar-refractivity contribution >= 4 is 13.6 Å². The molecule has 12 heteroatoms. The highest BCUT2D eigenvalue weighted by Gasteiger charge is 2.33. The first kappa shape index (κ1) is 22.6. The molecule has 0 aliphatic rings. The normalized spacial score (nSPS) is 12.2. The van der Waals surface area contributed by atoms with E-state index < -0.39 is 25.1 Å². The summed E-state index contributed by atoms with van der Waals surface area (Å²) in [6.45, 7) is 2.84. The fraction of sp³-hybridized carbons (Fsp3) is 0.143. The molecule has 0 aliphatic heterocycles. The van der Waals surface area contributed by atoms with Gasteiger partial charge in [0.05, 0.1) is 35.4 Å². The highest BCUT2D eigenvalue weighted by atomic mass is 31.2. The van der Waals surface area contributed by atoms with Crippen molar-refractivity contribution in [1.29, 1.82) is 5.26 Å². The van der Waals surface area contributed by atoms with E-state index in [-0.39, 0.29) is 28.2 Å². The molecular weight excluding hydrogens is 455 g/mol. The predicted octanol–water partition coefficient (Wildman–Crippen LogP) is 3.95. The summed E-state index contributed by atoms with van der Waals surface area (Å²) in [4.78, 5) is 26.7. The second-order valence-electron chi connectivity index (χ2n) is 7.56. The van der Waals surface area contributed by atoms with E-state index in [2.05, 4.69) is 15.1 Å². The van der Waals surface area contributed by atoms with E-state index in [0.29, 0.717) is 11.3 Å². The molecule has 4 aromatic rings. The van der Waals surface area contributed by atoms with Crippen LogP contribution in [0.5, 0.6) is 0 Å². The molecule has 0 radical (unpaired) electrons. The molecule has 33 heavy (non-hydrogen) atoms. The SMILES string of the molecule is CC(C)(OP(=O)(O)O)c1cnn2c(-c3ccc(F)c(-c4c(F)cccc4C#N)c3)cnc2n1. The highest BCUT2D eigenvalue weighted by molar-refractivity contribution is 7.46. The Morgan fingerprint density at radius 2 is 1.91 bits per heavy atom. The Hall–Kier alpha value is -3.55. The Labute approximate surface area is 186 Å². The second kappa shape index (κ2) is 8.10. The van der Waals surface area contributed by atoms with Gasteiger partial charge in [-0.1, -0.05) is 6.07 Å². The lowest BCUT2D eigenvalue weighted by Gasteiger charge is -2.24. The van der Waals surface area contributed by atoms with Gasteiger partial charge in [-0.15, -0.1) is 0 Å². The summed E-state index contributed by atoms with van der Waals surface area (Å²) in [6, 6.07) is 9.76. The quantitative estimate of drug-likeness (QED) is 0.418. The van der Waals surface area contributed by atoms with E-state index in [1.807, 2.05) is 6.07 Å². The van der Waals surface area contributed by atoms with Gasteiger partial charge in [0.15, 0.2) is 0 Å². The number of benzene rings is 2. The zero-order chi connectivity index (χ0) is 24.0. The molecule has 0 amide bonds. The molecule has 0 bridgehead atoms. The number of imidazole rings is 1. The van der Waals surface area contributed by atoms with Crippen molar-refractivity contribution in [3.63, 3.8) is 0 Å². The summed E-state index contributed by atoms with van der Waals surface area (Å²) in [5.74, 6) is -1.35. The van der Waals surface area contributed by atoms with Crippen molar-refractivity contribution in [3.05, 3.63) is 71.7 Å². The van der Waals surface area contributed by atoms with Gasteiger partial charge in [-0.05, 0) is 44.2 Å². The largest absolute Gasteiger partial charge is 0.470 e. The minimum Gasteiger partial charge on any atom is -0.303 e. The summed E-state index contributed by atoms with van der Waals surface area (Å²) in [5, 5.41) is 13.5. The fourth-order valence-electron chi connectivity index (χ4n) is 3.37. The molecule has 2 heterocycles. The molecule has 0 saturated heterocycles. The molecule has 2 aromatic carbocycles. The van der Waals surface area contributed by atoms with Crippen LogP contribution in [0.3, 0.4) is 0 Å². The molecule has 2 N–H and O–H groups in total. The molecule has 0 atom stereocenters. The number of fused-ring (bicyclic) bond motifs is 1. The fourth-order valence-corrected chi connectivity index (χ4v) is 4.06. The van der Waals surface area contributed by atoms with Gasteiger partial charge in [-0.3, -0.25) is 4.52 Å². The van der Waals surface area contributed by atoms with Gasteiger partial charge in [0.2, 0.25) is 0 Å². The Morgan fingerprint density at radius 1 is 1.15 bits per heavy atom. The van der Waals surface area contributed by atoms with Gasteiger partial charge in [0.1, 0.15) is 17.2 Å². The number of halogens is 2. The van der Waals surface area contributed by atoms with Crippen LogP contribution in [0.2, 0.25) is 0 Å². The third kappa shape index (κ3) is 4.37. The topological polar surface area (TPSA) is 134 Å². The Morgan fingerprint density at radius 3 is 2.61 bits per heavy atom. The van der Waals surface area contributed by atoms with Crippen LogP contribution in [0.15, 0.2) is 48.8 Å². The molecule has 9 nitrogen and oxygen atoms in total. The van der Waals surface area contributed by atoms with Gasteiger partial charge in [-0.2, -0.15) is 14.9 Å². The van der Waals surface area contributed by atoms with Gasteiger partial charge in [0.25, 0.3) is 5.78 Å². The molecule has 168 valence electrons. The first-order valence-corrected chi connectivity index (χ1v) is 11.0. The molecule has 0 unspecified atom stereocenters. The highest BCUT2D eigenvalue weighted by Crippen LogP contribution is 2.44. The first-order chi connectivity index (χ1) is 15.5. The maximum atomic E-state index is 14.6. The lowest BCUT2D eigenvalue weighted by Crippen LogP contribution is -2.23. The molecule has 0 spiro atoms. The Balaban J connectivity index is 1.81. The van der Waals surface area contributed by atoms with E-state index in [0.717, 1.165) is 12.1 Å². The van der Waals surface area contributed by atoms with Crippen molar-refractivity contribution in [3.8, 4) is 28.5 Å². The van der Waals surface area contributed by atoms with E-state index in [1.165, 1.54) is 55.0 Å². The number of phosphoric ester groups is 1. The summed E-state index contributed by atoms with van der Waals surface area (Å²) >= 11 is 0. The van der Waals surface area contributed by atoms with E-state index in [1.54, 1.807) is 0 Å². The van der Waals surface area contributed by atoms with Crippen LogP contribution in [0, 0.1) is 23.0 Å². The van der Waals surface area contributed by atoms with Crippen molar-refractivity contribution < 1.29 is 27.7 Å². The van der Waals surface area contributed by atoms with Crippen LogP contribution in [-0.2, 0) is 14.7 Å². The van der Waals surface area contributed by atoms with Gasteiger partial charge in [0, 0.05) is 16.7 Å². The van der Waals surface area contributed by atoms with E-state index >= 15 is 0 Å². The Bertz CT molecular complexity index is 1480. The summed E-state index contributed by atoms with van der Waals surface area (Å²) in [6.07, 6.45) is 2.68. The number of nitriles is 1. The average molecular weight is 471 g/mol. The third-order valence-corrected chi connectivity index (χ3v) is 5.56. The monoisotopic (exact) mass is 471 g/mol. The molecular formula is C21H16F2N5O4P. The van der Waals surface area contributed by atoms with Gasteiger partial charge >= 0.3 is 7.82 Å². The number of aromatic nitrogens is 4. The van der Waals surface area contributed by atoms with E-state index in [4.69, 9.17) is 14.3 Å². The maximum absolute atomic E-state index is 14.6. The lowest BCUT2D eigenvalue weighted by atomic mass is 9.97.